The Balaban J connectivity index is 2.03. The van der Waals surface area contributed by atoms with Gasteiger partial charge in [0.1, 0.15) is 0 Å². The van der Waals surface area contributed by atoms with E-state index in [1.807, 2.05) is 18.2 Å². The van der Waals surface area contributed by atoms with Crippen LogP contribution in [0.25, 0.3) is 0 Å². The molecule has 1 nitrogen and oxygen atoms in total. The lowest BCUT2D eigenvalue weighted by molar-refractivity contribution is 0.175. The van der Waals surface area contributed by atoms with Gasteiger partial charge < -0.3 is 5.11 Å². The van der Waals surface area contributed by atoms with Gasteiger partial charge in [-0.25, -0.2) is 0 Å². The maximum Gasteiger partial charge on any atom is 0.0620 e. The zero-order chi connectivity index (χ0) is 13.0. The second-order valence-corrected chi connectivity index (χ2v) is 4.98. The van der Waals surface area contributed by atoms with Crippen molar-refractivity contribution >= 4 is 0 Å². The van der Waals surface area contributed by atoms with Gasteiger partial charge in [-0.2, -0.15) is 0 Å². The molecule has 0 saturated heterocycles. The number of hydrogen-bond acceptors (Lipinski definition) is 1. The second kappa shape index (κ2) is 5.83. The Hall–Kier alpha value is -1.60. The van der Waals surface area contributed by atoms with Crippen molar-refractivity contribution in [2.75, 3.05) is 0 Å². The first-order valence-corrected chi connectivity index (χ1v) is 6.43. The third-order valence-electron chi connectivity index (χ3n) is 3.27. The van der Waals surface area contributed by atoms with Crippen LogP contribution in [0.1, 0.15) is 22.3 Å². The van der Waals surface area contributed by atoms with Crippen molar-refractivity contribution in [1.82, 2.24) is 0 Å². The summed E-state index contributed by atoms with van der Waals surface area (Å²) in [5, 5.41) is 10.2. The summed E-state index contributed by atoms with van der Waals surface area (Å²) in [6, 6.07) is 16.6. The van der Waals surface area contributed by atoms with E-state index in [4.69, 9.17) is 0 Å². The van der Waals surface area contributed by atoms with Crippen LogP contribution in [0.5, 0.6) is 0 Å². The maximum absolute atomic E-state index is 10.2. The molecular formula is C17H20O. The van der Waals surface area contributed by atoms with E-state index >= 15 is 0 Å². The minimum Gasteiger partial charge on any atom is -0.392 e. The van der Waals surface area contributed by atoms with Crippen LogP contribution in [0, 0.1) is 13.8 Å². The fourth-order valence-electron chi connectivity index (χ4n) is 2.23. The van der Waals surface area contributed by atoms with Crippen LogP contribution in [0.15, 0.2) is 48.5 Å². The lowest BCUT2D eigenvalue weighted by Gasteiger charge is -2.13. The van der Waals surface area contributed by atoms with E-state index in [9.17, 15) is 5.11 Å². The molecule has 0 bridgehead atoms. The van der Waals surface area contributed by atoms with Gasteiger partial charge in [0.2, 0.25) is 0 Å². The zero-order valence-electron chi connectivity index (χ0n) is 11.1. The van der Waals surface area contributed by atoms with E-state index < -0.39 is 0 Å². The fraction of sp³-hybridized carbons (Fsp3) is 0.294. The van der Waals surface area contributed by atoms with Crippen LogP contribution in [-0.4, -0.2) is 11.2 Å². The Kier molecular flexibility index (Phi) is 4.16. The maximum atomic E-state index is 10.2. The molecule has 0 aliphatic heterocycles. The number of hydrogen-bond donors (Lipinski definition) is 1. The van der Waals surface area contributed by atoms with Crippen LogP contribution < -0.4 is 0 Å². The van der Waals surface area contributed by atoms with Gasteiger partial charge in [0.25, 0.3) is 0 Å². The highest BCUT2D eigenvalue weighted by Gasteiger charge is 2.08. The first-order valence-electron chi connectivity index (χ1n) is 6.43. The molecule has 1 atom stereocenters. The number of aliphatic hydroxyl groups is 1. The predicted molar refractivity (Wildman–Crippen MR) is 75.8 cm³/mol. The third kappa shape index (κ3) is 3.44. The lowest BCUT2D eigenvalue weighted by Crippen LogP contribution is -2.14. The van der Waals surface area contributed by atoms with Crippen molar-refractivity contribution in [2.24, 2.45) is 0 Å². The highest BCUT2D eigenvalue weighted by molar-refractivity contribution is 5.31. The van der Waals surface area contributed by atoms with Gasteiger partial charge in [-0.05, 0) is 43.4 Å². The molecule has 1 N–H and O–H groups in total. The highest BCUT2D eigenvalue weighted by atomic mass is 16.3. The molecule has 0 aliphatic carbocycles. The molecule has 0 saturated carbocycles. The molecule has 2 aromatic rings. The molecule has 0 radical (unpaired) electrons. The molecule has 2 rings (SSSR count). The predicted octanol–water partition coefficient (Wildman–Crippen LogP) is 3.45. The van der Waals surface area contributed by atoms with Crippen LogP contribution in [0.2, 0.25) is 0 Å². The molecule has 1 heteroatoms. The number of aliphatic hydroxyl groups excluding tert-OH is 1. The van der Waals surface area contributed by atoms with Crippen molar-refractivity contribution in [3.63, 3.8) is 0 Å². The van der Waals surface area contributed by atoms with Gasteiger partial charge in [0, 0.05) is 0 Å². The molecule has 2 aromatic carbocycles. The Labute approximate surface area is 109 Å². The molecule has 18 heavy (non-hydrogen) atoms. The normalized spacial score (nSPS) is 12.4. The average Bonchev–Trinajstić information content (AvgIpc) is 2.35. The lowest BCUT2D eigenvalue weighted by atomic mass is 9.97. The minimum absolute atomic E-state index is 0.312. The van der Waals surface area contributed by atoms with Crippen molar-refractivity contribution in [2.45, 2.75) is 32.8 Å². The highest BCUT2D eigenvalue weighted by Crippen LogP contribution is 2.14. The van der Waals surface area contributed by atoms with Crippen LogP contribution in [-0.2, 0) is 12.8 Å². The van der Waals surface area contributed by atoms with Crippen LogP contribution >= 0.6 is 0 Å². The summed E-state index contributed by atoms with van der Waals surface area (Å²) in [4.78, 5) is 0. The molecule has 0 heterocycles. The largest absolute Gasteiger partial charge is 0.392 e. The molecule has 0 spiro atoms. The Morgan fingerprint density at radius 1 is 0.944 bits per heavy atom. The van der Waals surface area contributed by atoms with Crippen LogP contribution in [0.3, 0.4) is 0 Å². The summed E-state index contributed by atoms with van der Waals surface area (Å²) >= 11 is 0. The molecule has 0 fully saturated rings. The van der Waals surface area contributed by atoms with Crippen LogP contribution in [0.4, 0.5) is 0 Å². The Bertz CT molecular complexity index is 502. The minimum atomic E-state index is -0.312. The van der Waals surface area contributed by atoms with Gasteiger partial charge in [-0.15, -0.1) is 0 Å². The molecule has 0 aromatic heterocycles. The SMILES string of the molecule is Cc1ccc(C)c(CC(O)Cc2ccccc2)c1. The number of rotatable bonds is 4. The standard InChI is InChI=1S/C17H20O/c1-13-8-9-14(2)16(10-13)12-17(18)11-15-6-4-3-5-7-15/h3-10,17-18H,11-12H2,1-2H3. The third-order valence-corrected chi connectivity index (χ3v) is 3.27. The Morgan fingerprint density at radius 2 is 1.67 bits per heavy atom. The van der Waals surface area contributed by atoms with Gasteiger partial charge in [0.05, 0.1) is 6.10 Å². The van der Waals surface area contributed by atoms with Gasteiger partial charge in [0.15, 0.2) is 0 Å². The van der Waals surface area contributed by atoms with E-state index in [-0.39, 0.29) is 6.10 Å². The average molecular weight is 240 g/mol. The van der Waals surface area contributed by atoms with Gasteiger partial charge in [-0.3, -0.25) is 0 Å². The van der Waals surface area contributed by atoms with Crippen molar-refractivity contribution in [1.29, 1.82) is 0 Å². The molecule has 1 unspecified atom stereocenters. The fourth-order valence-corrected chi connectivity index (χ4v) is 2.23. The second-order valence-electron chi connectivity index (χ2n) is 4.98. The van der Waals surface area contributed by atoms with Gasteiger partial charge >= 0.3 is 0 Å². The molecule has 0 amide bonds. The van der Waals surface area contributed by atoms with Crippen molar-refractivity contribution in [3.8, 4) is 0 Å². The topological polar surface area (TPSA) is 20.2 Å². The molecular weight excluding hydrogens is 220 g/mol. The summed E-state index contributed by atoms with van der Waals surface area (Å²) in [5.41, 5.74) is 4.95. The van der Waals surface area contributed by atoms with Crippen molar-refractivity contribution < 1.29 is 5.11 Å². The molecule has 0 aliphatic rings. The number of benzene rings is 2. The first-order chi connectivity index (χ1) is 8.65. The quantitative estimate of drug-likeness (QED) is 0.868. The number of aryl methyl sites for hydroxylation is 2. The summed E-state index contributed by atoms with van der Waals surface area (Å²) in [7, 11) is 0. The van der Waals surface area contributed by atoms with Gasteiger partial charge in [-0.1, -0.05) is 54.1 Å². The van der Waals surface area contributed by atoms with E-state index in [2.05, 4.69) is 44.2 Å². The van der Waals surface area contributed by atoms with E-state index in [0.29, 0.717) is 6.42 Å². The van der Waals surface area contributed by atoms with Crippen molar-refractivity contribution in [3.05, 3.63) is 70.8 Å². The Morgan fingerprint density at radius 3 is 2.39 bits per heavy atom. The monoisotopic (exact) mass is 240 g/mol. The summed E-state index contributed by atoms with van der Waals surface area (Å²) in [6.07, 6.45) is 1.13. The zero-order valence-corrected chi connectivity index (χ0v) is 11.1. The molecule has 94 valence electrons. The van der Waals surface area contributed by atoms with E-state index in [0.717, 1.165) is 6.42 Å². The van der Waals surface area contributed by atoms with E-state index in [1.165, 1.54) is 22.3 Å². The smallest absolute Gasteiger partial charge is 0.0620 e. The van der Waals surface area contributed by atoms with E-state index in [1.54, 1.807) is 0 Å². The first kappa shape index (κ1) is 12.8. The summed E-state index contributed by atoms with van der Waals surface area (Å²) < 4.78 is 0. The summed E-state index contributed by atoms with van der Waals surface area (Å²) in [5.74, 6) is 0. The summed E-state index contributed by atoms with van der Waals surface area (Å²) in [6.45, 7) is 4.19.